The van der Waals surface area contributed by atoms with E-state index in [9.17, 15) is 13.2 Å². The summed E-state index contributed by atoms with van der Waals surface area (Å²) in [7, 11) is -1.91. The molecule has 1 saturated heterocycles. The van der Waals surface area contributed by atoms with Crippen LogP contribution in [0, 0.1) is 0 Å². The summed E-state index contributed by atoms with van der Waals surface area (Å²) < 4.78 is 35.0. The Bertz CT molecular complexity index is 1190. The fourth-order valence-corrected chi connectivity index (χ4v) is 4.49. The lowest BCUT2D eigenvalue weighted by atomic mass is 10.1. The fraction of sp³-hybridized carbons (Fsp3) is 0.286. The molecule has 1 fully saturated rings. The lowest BCUT2D eigenvalue weighted by Crippen LogP contribution is -2.32. The van der Waals surface area contributed by atoms with Gasteiger partial charge < -0.3 is 14.6 Å². The van der Waals surface area contributed by atoms with E-state index < -0.39 is 15.9 Å². The zero-order valence-electron chi connectivity index (χ0n) is 17.0. The summed E-state index contributed by atoms with van der Waals surface area (Å²) in [4.78, 5) is 12.8. The van der Waals surface area contributed by atoms with Crippen molar-refractivity contribution in [2.45, 2.75) is 23.8 Å². The van der Waals surface area contributed by atoms with Crippen LogP contribution in [0.25, 0.3) is 11.4 Å². The number of aryl methyl sites for hydroxylation is 1. The van der Waals surface area contributed by atoms with E-state index in [-0.39, 0.29) is 23.1 Å². The molecule has 0 spiro atoms. The zero-order valence-corrected chi connectivity index (χ0v) is 17.8. The van der Waals surface area contributed by atoms with Gasteiger partial charge in [-0.3, -0.25) is 4.79 Å². The normalized spacial score (nSPS) is 16.4. The van der Waals surface area contributed by atoms with E-state index in [0.29, 0.717) is 18.1 Å². The van der Waals surface area contributed by atoms with E-state index in [2.05, 4.69) is 20.2 Å². The van der Waals surface area contributed by atoms with Gasteiger partial charge in [0.05, 0.1) is 11.0 Å². The molecule has 1 aliphatic heterocycles. The number of carbonyl (C=O) groups is 1. The molecule has 10 heteroatoms. The van der Waals surface area contributed by atoms with Gasteiger partial charge in [-0.05, 0) is 43.2 Å². The van der Waals surface area contributed by atoms with Crippen LogP contribution < -0.4 is 10.0 Å². The summed E-state index contributed by atoms with van der Waals surface area (Å²) in [5.74, 6) is 0.257. The van der Waals surface area contributed by atoms with Gasteiger partial charge in [0.2, 0.25) is 10.0 Å². The minimum absolute atomic E-state index is 0.0333. The van der Waals surface area contributed by atoms with Crippen molar-refractivity contribution in [1.82, 2.24) is 19.5 Å². The molecule has 1 amide bonds. The van der Waals surface area contributed by atoms with Crippen LogP contribution in [0.2, 0.25) is 0 Å². The van der Waals surface area contributed by atoms with Crippen molar-refractivity contribution in [2.24, 2.45) is 7.05 Å². The molecule has 3 aromatic rings. The van der Waals surface area contributed by atoms with Gasteiger partial charge in [-0.25, -0.2) is 13.1 Å². The average Bonchev–Trinajstić information content (AvgIpc) is 3.44. The van der Waals surface area contributed by atoms with Crippen molar-refractivity contribution >= 4 is 21.6 Å². The topological polar surface area (TPSA) is 115 Å². The van der Waals surface area contributed by atoms with Gasteiger partial charge in [-0.15, -0.1) is 10.2 Å². The molecule has 1 aliphatic rings. The van der Waals surface area contributed by atoms with Crippen LogP contribution in [-0.4, -0.2) is 48.3 Å². The van der Waals surface area contributed by atoms with Crippen molar-refractivity contribution in [3.8, 4) is 11.4 Å². The molecule has 9 nitrogen and oxygen atoms in total. The largest absolute Gasteiger partial charge is 0.377 e. The quantitative estimate of drug-likeness (QED) is 0.581. The highest BCUT2D eigenvalue weighted by atomic mass is 32.2. The lowest BCUT2D eigenvalue weighted by molar-refractivity contribution is 0.102. The molecule has 0 bridgehead atoms. The van der Waals surface area contributed by atoms with E-state index in [0.717, 1.165) is 18.4 Å². The molecule has 0 radical (unpaired) electrons. The first-order valence-electron chi connectivity index (χ1n) is 9.89. The Morgan fingerprint density at radius 2 is 2.06 bits per heavy atom. The number of hydrogen-bond donors (Lipinski definition) is 2. The third-order valence-corrected chi connectivity index (χ3v) is 6.44. The Kier molecular flexibility index (Phi) is 6.12. The van der Waals surface area contributed by atoms with Crippen LogP contribution in [0.15, 0.2) is 59.8 Å². The van der Waals surface area contributed by atoms with Crippen molar-refractivity contribution in [1.29, 1.82) is 0 Å². The number of aromatic nitrogens is 3. The summed E-state index contributed by atoms with van der Waals surface area (Å²) in [5, 5.41) is 10.7. The summed E-state index contributed by atoms with van der Waals surface area (Å²) >= 11 is 0. The van der Waals surface area contributed by atoms with Crippen LogP contribution in [-0.2, 0) is 21.8 Å². The smallest absolute Gasteiger partial charge is 0.255 e. The van der Waals surface area contributed by atoms with Gasteiger partial charge >= 0.3 is 0 Å². The Hall–Kier alpha value is -3.08. The van der Waals surface area contributed by atoms with Crippen molar-refractivity contribution < 1.29 is 17.9 Å². The molecule has 0 unspecified atom stereocenters. The van der Waals surface area contributed by atoms with E-state index in [1.807, 2.05) is 13.1 Å². The third-order valence-electron chi connectivity index (χ3n) is 5.02. The van der Waals surface area contributed by atoms with Crippen LogP contribution in [0.3, 0.4) is 0 Å². The van der Waals surface area contributed by atoms with Gasteiger partial charge in [-0.2, -0.15) is 0 Å². The Balaban J connectivity index is 1.48. The second-order valence-electron chi connectivity index (χ2n) is 7.32. The maximum atomic E-state index is 12.7. The first-order valence-corrected chi connectivity index (χ1v) is 11.4. The second-order valence-corrected chi connectivity index (χ2v) is 9.08. The number of nitrogens with zero attached hydrogens (tertiary/aromatic N) is 3. The molecule has 31 heavy (non-hydrogen) atoms. The predicted molar refractivity (Wildman–Crippen MR) is 115 cm³/mol. The highest BCUT2D eigenvalue weighted by molar-refractivity contribution is 7.89. The molecule has 0 aliphatic carbocycles. The molecule has 2 heterocycles. The van der Waals surface area contributed by atoms with E-state index in [4.69, 9.17) is 4.74 Å². The predicted octanol–water partition coefficient (Wildman–Crippen LogP) is 2.19. The fourth-order valence-electron chi connectivity index (χ4n) is 3.38. The van der Waals surface area contributed by atoms with E-state index in [1.54, 1.807) is 41.2 Å². The SMILES string of the molecule is Cn1cnnc1-c1cccc(NC(=O)c2cccc(S(=O)(=O)NC[C@H]3CCCO3)c2)c1. The zero-order chi connectivity index (χ0) is 21.8. The van der Waals surface area contributed by atoms with Crippen LogP contribution >= 0.6 is 0 Å². The standard InChI is InChI=1S/C21H23N5O4S/c1-26-14-22-25-20(26)15-5-2-7-17(11-15)24-21(27)16-6-3-9-19(12-16)31(28,29)23-13-18-8-4-10-30-18/h2-3,5-7,9,11-12,14,18,23H,4,8,10,13H2,1H3,(H,24,27)/t18-/m1/s1. The summed E-state index contributed by atoms with van der Waals surface area (Å²) in [6.07, 6.45) is 3.25. The third kappa shape index (κ3) is 4.98. The number of sulfonamides is 1. The number of amides is 1. The highest BCUT2D eigenvalue weighted by Crippen LogP contribution is 2.21. The van der Waals surface area contributed by atoms with Crippen LogP contribution in [0.4, 0.5) is 5.69 Å². The van der Waals surface area contributed by atoms with Gasteiger partial charge in [-0.1, -0.05) is 18.2 Å². The van der Waals surface area contributed by atoms with Crippen molar-refractivity contribution in [2.75, 3.05) is 18.5 Å². The molecule has 2 aromatic carbocycles. The van der Waals surface area contributed by atoms with Gasteiger partial charge in [0.1, 0.15) is 6.33 Å². The van der Waals surface area contributed by atoms with E-state index >= 15 is 0 Å². The average molecular weight is 442 g/mol. The number of anilines is 1. The number of benzene rings is 2. The lowest BCUT2D eigenvalue weighted by Gasteiger charge is -2.12. The summed E-state index contributed by atoms with van der Waals surface area (Å²) in [6.45, 7) is 0.869. The molecular formula is C21H23N5O4S. The van der Waals surface area contributed by atoms with E-state index in [1.165, 1.54) is 12.1 Å². The second kappa shape index (κ2) is 8.96. The molecule has 162 valence electrons. The molecule has 0 saturated carbocycles. The number of nitrogens with one attached hydrogen (secondary N) is 2. The number of hydrogen-bond acceptors (Lipinski definition) is 6. The maximum Gasteiger partial charge on any atom is 0.255 e. The molecule has 1 aromatic heterocycles. The van der Waals surface area contributed by atoms with Gasteiger partial charge in [0.15, 0.2) is 5.82 Å². The van der Waals surface area contributed by atoms with Gasteiger partial charge in [0.25, 0.3) is 5.91 Å². The molecule has 4 rings (SSSR count). The number of carbonyl (C=O) groups excluding carboxylic acids is 1. The first kappa shape index (κ1) is 21.2. The number of ether oxygens (including phenoxy) is 1. The molecule has 1 atom stereocenters. The van der Waals surface area contributed by atoms with Gasteiger partial charge in [0, 0.05) is 37.0 Å². The first-order chi connectivity index (χ1) is 14.9. The summed E-state index contributed by atoms with van der Waals surface area (Å²) in [5.41, 5.74) is 1.60. The Morgan fingerprint density at radius 3 is 2.81 bits per heavy atom. The van der Waals surface area contributed by atoms with Crippen molar-refractivity contribution in [3.05, 3.63) is 60.4 Å². The Labute approximate surface area is 180 Å². The monoisotopic (exact) mass is 441 g/mol. The molecule has 2 N–H and O–H groups in total. The molecular weight excluding hydrogens is 418 g/mol. The van der Waals surface area contributed by atoms with Crippen molar-refractivity contribution in [3.63, 3.8) is 0 Å². The minimum Gasteiger partial charge on any atom is -0.377 e. The number of rotatable bonds is 7. The maximum absolute atomic E-state index is 12.7. The minimum atomic E-state index is -3.75. The van der Waals surface area contributed by atoms with Crippen LogP contribution in [0.1, 0.15) is 23.2 Å². The van der Waals surface area contributed by atoms with Crippen LogP contribution in [0.5, 0.6) is 0 Å². The summed E-state index contributed by atoms with van der Waals surface area (Å²) in [6, 6.07) is 13.1. The Morgan fingerprint density at radius 1 is 1.23 bits per heavy atom. The highest BCUT2D eigenvalue weighted by Gasteiger charge is 2.21.